The Morgan fingerprint density at radius 2 is 1.75 bits per heavy atom. The number of fused-ring (bicyclic) bond motifs is 1. The highest BCUT2D eigenvalue weighted by Gasteiger charge is 2.42. The lowest BCUT2D eigenvalue weighted by atomic mass is 10.1. The average Bonchev–Trinajstić information content (AvgIpc) is 2.91. The summed E-state index contributed by atoms with van der Waals surface area (Å²) in [7, 11) is 0. The molecule has 0 spiro atoms. The van der Waals surface area contributed by atoms with Crippen LogP contribution in [0.4, 0.5) is 17.6 Å². The van der Waals surface area contributed by atoms with E-state index in [2.05, 4.69) is 0 Å². The van der Waals surface area contributed by atoms with Crippen LogP contribution in [0, 0.1) is 0 Å². The molecule has 28 heavy (non-hydrogen) atoms. The predicted octanol–water partition coefficient (Wildman–Crippen LogP) is 2.83. The normalized spacial score (nSPS) is 18.2. The maximum Gasteiger partial charge on any atom is 0.319 e. The van der Waals surface area contributed by atoms with Crippen molar-refractivity contribution in [1.29, 1.82) is 0 Å². The standard InChI is InChI=1S/C19H24F4N2O3/c20-18(21)19(22,23)13-24-6-8-25(9-7-24)17(26)5-3-14-2-4-15-16(12-14)28-11-1-10-27-15/h2,4,12,18H,1,3,5-11,13H2. The quantitative estimate of drug-likeness (QED) is 0.684. The van der Waals surface area contributed by atoms with Crippen molar-refractivity contribution in [2.75, 3.05) is 45.9 Å². The summed E-state index contributed by atoms with van der Waals surface area (Å²) < 4.78 is 62.1. The number of alkyl halides is 4. The minimum Gasteiger partial charge on any atom is -0.490 e. The van der Waals surface area contributed by atoms with Gasteiger partial charge in [-0.15, -0.1) is 0 Å². The Hall–Kier alpha value is -2.03. The Kier molecular flexibility index (Phi) is 6.64. The topological polar surface area (TPSA) is 42.0 Å². The molecule has 0 saturated carbocycles. The fraction of sp³-hybridized carbons (Fsp3) is 0.632. The van der Waals surface area contributed by atoms with Crippen LogP contribution in [0.1, 0.15) is 18.4 Å². The highest BCUT2D eigenvalue weighted by atomic mass is 19.3. The molecule has 3 rings (SSSR count). The van der Waals surface area contributed by atoms with Crippen molar-refractivity contribution in [3.05, 3.63) is 23.8 Å². The summed E-state index contributed by atoms with van der Waals surface area (Å²) in [6.45, 7) is 1.07. The van der Waals surface area contributed by atoms with E-state index in [-0.39, 0.29) is 38.5 Å². The number of ether oxygens (including phenoxy) is 2. The third-order valence-corrected chi connectivity index (χ3v) is 4.92. The Bertz CT molecular complexity index is 679. The molecule has 1 fully saturated rings. The zero-order valence-electron chi connectivity index (χ0n) is 15.5. The summed E-state index contributed by atoms with van der Waals surface area (Å²) in [4.78, 5) is 15.3. The van der Waals surface area contributed by atoms with Gasteiger partial charge in [0, 0.05) is 39.0 Å². The third kappa shape index (κ3) is 5.27. The number of piperazine rings is 1. The van der Waals surface area contributed by atoms with E-state index in [1.807, 2.05) is 18.2 Å². The van der Waals surface area contributed by atoms with Gasteiger partial charge in [-0.05, 0) is 24.1 Å². The molecule has 2 aliphatic rings. The first-order chi connectivity index (χ1) is 13.3. The summed E-state index contributed by atoms with van der Waals surface area (Å²) in [5.74, 6) is -2.73. The van der Waals surface area contributed by atoms with Crippen LogP contribution in [0.25, 0.3) is 0 Å². The Morgan fingerprint density at radius 3 is 2.43 bits per heavy atom. The monoisotopic (exact) mass is 404 g/mol. The molecule has 0 N–H and O–H groups in total. The molecule has 0 radical (unpaired) electrons. The summed E-state index contributed by atoms with van der Waals surface area (Å²) in [6, 6.07) is 5.60. The fourth-order valence-corrected chi connectivity index (χ4v) is 3.30. The first-order valence-corrected chi connectivity index (χ1v) is 9.40. The van der Waals surface area contributed by atoms with Gasteiger partial charge in [-0.25, -0.2) is 8.78 Å². The number of halogens is 4. The Labute approximate surface area is 161 Å². The van der Waals surface area contributed by atoms with Gasteiger partial charge < -0.3 is 14.4 Å². The Balaban J connectivity index is 1.46. The lowest BCUT2D eigenvalue weighted by molar-refractivity contribution is -0.148. The van der Waals surface area contributed by atoms with Crippen LogP contribution in [-0.4, -0.2) is 74.0 Å². The Morgan fingerprint density at radius 1 is 1.07 bits per heavy atom. The van der Waals surface area contributed by atoms with Crippen molar-refractivity contribution in [3.63, 3.8) is 0 Å². The molecule has 0 bridgehead atoms. The van der Waals surface area contributed by atoms with Crippen molar-refractivity contribution >= 4 is 5.91 Å². The van der Waals surface area contributed by atoms with Gasteiger partial charge in [0.2, 0.25) is 5.91 Å². The number of benzene rings is 1. The number of amides is 1. The van der Waals surface area contributed by atoms with Gasteiger partial charge in [-0.1, -0.05) is 6.07 Å². The lowest BCUT2D eigenvalue weighted by Crippen LogP contribution is -2.52. The SMILES string of the molecule is O=C(CCc1ccc2c(c1)OCCCO2)N1CCN(CC(F)(F)C(F)F)CC1. The molecule has 156 valence electrons. The average molecular weight is 404 g/mol. The van der Waals surface area contributed by atoms with Crippen LogP contribution in [0.5, 0.6) is 11.5 Å². The highest BCUT2D eigenvalue weighted by Crippen LogP contribution is 2.31. The van der Waals surface area contributed by atoms with Gasteiger partial charge in [0.05, 0.1) is 19.8 Å². The van der Waals surface area contributed by atoms with E-state index in [0.717, 1.165) is 12.0 Å². The summed E-state index contributed by atoms with van der Waals surface area (Å²) >= 11 is 0. The van der Waals surface area contributed by atoms with Crippen molar-refractivity contribution in [2.45, 2.75) is 31.6 Å². The molecule has 1 aromatic rings. The first-order valence-electron chi connectivity index (χ1n) is 9.40. The molecule has 9 heteroatoms. The van der Waals surface area contributed by atoms with Gasteiger partial charge in [-0.2, -0.15) is 8.78 Å². The molecule has 2 heterocycles. The second kappa shape index (κ2) is 8.98. The number of rotatable bonds is 6. The van der Waals surface area contributed by atoms with E-state index >= 15 is 0 Å². The molecule has 1 aromatic carbocycles. The molecule has 2 aliphatic heterocycles. The van der Waals surface area contributed by atoms with Crippen LogP contribution in [-0.2, 0) is 11.2 Å². The van der Waals surface area contributed by atoms with E-state index < -0.39 is 18.9 Å². The first kappa shape index (κ1) is 20.7. The summed E-state index contributed by atoms with van der Waals surface area (Å²) in [6.07, 6.45) is -2.05. The highest BCUT2D eigenvalue weighted by molar-refractivity contribution is 5.76. The van der Waals surface area contributed by atoms with E-state index in [4.69, 9.17) is 9.47 Å². The van der Waals surface area contributed by atoms with Crippen molar-refractivity contribution < 1.29 is 31.8 Å². The van der Waals surface area contributed by atoms with E-state index in [1.54, 1.807) is 4.90 Å². The van der Waals surface area contributed by atoms with Crippen molar-refractivity contribution in [2.24, 2.45) is 0 Å². The van der Waals surface area contributed by atoms with Gasteiger partial charge in [-0.3, -0.25) is 9.69 Å². The number of hydrogen-bond acceptors (Lipinski definition) is 4. The molecule has 0 unspecified atom stereocenters. The van der Waals surface area contributed by atoms with Crippen LogP contribution >= 0.6 is 0 Å². The third-order valence-electron chi connectivity index (χ3n) is 4.92. The number of aryl methyl sites for hydroxylation is 1. The maximum absolute atomic E-state index is 13.1. The van der Waals surface area contributed by atoms with Crippen LogP contribution in [0.3, 0.4) is 0 Å². The van der Waals surface area contributed by atoms with Crippen LogP contribution in [0.2, 0.25) is 0 Å². The molecule has 0 atom stereocenters. The molecule has 0 aliphatic carbocycles. The molecule has 1 amide bonds. The van der Waals surface area contributed by atoms with Gasteiger partial charge >= 0.3 is 12.3 Å². The van der Waals surface area contributed by atoms with E-state index in [0.29, 0.717) is 31.1 Å². The van der Waals surface area contributed by atoms with Crippen molar-refractivity contribution in [3.8, 4) is 11.5 Å². The zero-order chi connectivity index (χ0) is 20.1. The number of carbonyl (C=O) groups is 1. The van der Waals surface area contributed by atoms with E-state index in [9.17, 15) is 22.4 Å². The van der Waals surface area contributed by atoms with Gasteiger partial charge in [0.15, 0.2) is 11.5 Å². The largest absolute Gasteiger partial charge is 0.490 e. The summed E-state index contributed by atoms with van der Waals surface area (Å²) in [5.41, 5.74) is 0.952. The van der Waals surface area contributed by atoms with E-state index in [1.165, 1.54) is 4.90 Å². The predicted molar refractivity (Wildman–Crippen MR) is 94.3 cm³/mol. The molecule has 5 nitrogen and oxygen atoms in total. The minimum absolute atomic E-state index is 0.0765. The number of hydrogen-bond donors (Lipinski definition) is 0. The molecule has 1 saturated heterocycles. The van der Waals surface area contributed by atoms with Crippen molar-refractivity contribution in [1.82, 2.24) is 9.80 Å². The zero-order valence-corrected chi connectivity index (χ0v) is 15.5. The number of nitrogens with zero attached hydrogens (tertiary/aromatic N) is 2. The number of carbonyl (C=O) groups excluding carboxylic acids is 1. The molecule has 0 aromatic heterocycles. The second-order valence-corrected chi connectivity index (χ2v) is 7.05. The molecular weight excluding hydrogens is 380 g/mol. The second-order valence-electron chi connectivity index (χ2n) is 7.05. The van der Waals surface area contributed by atoms with Gasteiger partial charge in [0.25, 0.3) is 0 Å². The maximum atomic E-state index is 13.1. The lowest BCUT2D eigenvalue weighted by Gasteiger charge is -2.36. The van der Waals surface area contributed by atoms with Gasteiger partial charge in [0.1, 0.15) is 0 Å². The van der Waals surface area contributed by atoms with Crippen LogP contribution in [0.15, 0.2) is 18.2 Å². The smallest absolute Gasteiger partial charge is 0.319 e. The fourth-order valence-electron chi connectivity index (χ4n) is 3.30. The minimum atomic E-state index is -4.02. The van der Waals surface area contributed by atoms with Crippen LogP contribution < -0.4 is 9.47 Å². The molecular formula is C19H24F4N2O3. The summed E-state index contributed by atoms with van der Waals surface area (Å²) in [5, 5.41) is 0.